The van der Waals surface area contributed by atoms with E-state index < -0.39 is 36.8 Å². The lowest BCUT2D eigenvalue weighted by Crippen LogP contribution is -2.38. The molecule has 6 atom stereocenters. The van der Waals surface area contributed by atoms with Crippen LogP contribution in [0.3, 0.4) is 0 Å². The summed E-state index contributed by atoms with van der Waals surface area (Å²) in [6.07, 6.45) is 1.34. The molecule has 0 aromatic rings. The molecule has 1 saturated carbocycles. The second kappa shape index (κ2) is 12.0. The molecule has 4 nitrogen and oxygen atoms in total. The first-order valence-electron chi connectivity index (χ1n) is 11.7. The molecule has 2 aliphatic rings. The Labute approximate surface area is 192 Å². The van der Waals surface area contributed by atoms with Gasteiger partial charge in [0.15, 0.2) is 0 Å². The summed E-state index contributed by atoms with van der Waals surface area (Å²) >= 11 is 0. The summed E-state index contributed by atoms with van der Waals surface area (Å²) in [5.74, 6) is -3.35. The van der Waals surface area contributed by atoms with Crippen LogP contribution in [0.15, 0.2) is 29.5 Å². The molecule has 0 aromatic carbocycles. The molecule has 0 spiro atoms. The van der Waals surface area contributed by atoms with Crippen molar-refractivity contribution in [1.29, 1.82) is 0 Å². The summed E-state index contributed by atoms with van der Waals surface area (Å²) < 4.78 is 68.0. The summed E-state index contributed by atoms with van der Waals surface area (Å²) in [5, 5.41) is 6.34. The molecule has 0 heterocycles. The Balaban J connectivity index is 2.10. The fraction of sp³-hybridized carbons (Fsp3) is 0.750. The number of rotatable bonds is 12. The number of unbranched alkanes of at least 4 members (excludes halogenated alkanes) is 1. The number of fused-ring (bicyclic) bond motifs is 1. The summed E-state index contributed by atoms with van der Waals surface area (Å²) in [4.78, 5) is 17.8. The van der Waals surface area contributed by atoms with Gasteiger partial charge in [-0.3, -0.25) is 4.79 Å². The van der Waals surface area contributed by atoms with Crippen molar-refractivity contribution in [3.63, 3.8) is 0 Å². The lowest BCUT2D eigenvalue weighted by Gasteiger charge is -2.25. The van der Waals surface area contributed by atoms with Crippen LogP contribution in [0.25, 0.3) is 0 Å². The van der Waals surface area contributed by atoms with Gasteiger partial charge in [-0.15, -0.1) is 0 Å². The molecule has 188 valence electrons. The van der Waals surface area contributed by atoms with E-state index in [0.29, 0.717) is 12.3 Å². The number of alkyl halides is 5. The van der Waals surface area contributed by atoms with E-state index >= 15 is 0 Å². The van der Waals surface area contributed by atoms with Crippen LogP contribution >= 0.6 is 0 Å². The number of oxime groups is 1. The zero-order valence-electron chi connectivity index (χ0n) is 19.5. The van der Waals surface area contributed by atoms with E-state index in [1.54, 1.807) is 0 Å². The first kappa shape index (κ1) is 27.3. The smallest absolute Gasteiger partial charge is 0.392 e. The molecule has 1 amide bonds. The third-order valence-corrected chi connectivity index (χ3v) is 6.50. The second-order valence-electron chi connectivity index (χ2n) is 9.31. The van der Waals surface area contributed by atoms with Crippen LogP contribution in [0.4, 0.5) is 22.0 Å². The maximum absolute atomic E-state index is 13.8. The maximum atomic E-state index is 13.8. The SMILES string of the molecule is CCCCO/N=C(/C[C@H]([C@H](C)/C=C\C(F)[C@H](C)F)C(F)(F)F)NC(=O)C[C@@]12CCC=C[C@H]1C2. The predicted molar refractivity (Wildman–Crippen MR) is 118 cm³/mol. The highest BCUT2D eigenvalue weighted by Crippen LogP contribution is 2.61. The lowest BCUT2D eigenvalue weighted by atomic mass is 9.88. The number of carbonyl (C=O) groups is 1. The van der Waals surface area contributed by atoms with Crippen molar-refractivity contribution in [2.75, 3.05) is 6.61 Å². The van der Waals surface area contributed by atoms with Gasteiger partial charge in [-0.25, -0.2) is 8.78 Å². The van der Waals surface area contributed by atoms with E-state index in [1.165, 1.54) is 6.92 Å². The van der Waals surface area contributed by atoms with Crippen LogP contribution in [-0.4, -0.2) is 36.9 Å². The third kappa shape index (κ3) is 8.41. The summed E-state index contributed by atoms with van der Waals surface area (Å²) in [6.45, 7) is 4.44. The number of halogens is 5. The Hall–Kier alpha value is -1.93. The molecule has 2 aliphatic carbocycles. The average molecular weight is 479 g/mol. The number of hydrogen-bond acceptors (Lipinski definition) is 3. The minimum Gasteiger partial charge on any atom is -0.394 e. The topological polar surface area (TPSA) is 50.7 Å². The average Bonchev–Trinajstić information content (AvgIpc) is 3.45. The van der Waals surface area contributed by atoms with Crippen molar-refractivity contribution in [2.24, 2.45) is 28.3 Å². The number of amides is 1. The van der Waals surface area contributed by atoms with E-state index in [2.05, 4.69) is 22.6 Å². The van der Waals surface area contributed by atoms with Crippen LogP contribution in [0.1, 0.15) is 65.7 Å². The molecule has 33 heavy (non-hydrogen) atoms. The number of carbonyl (C=O) groups excluding carboxylic acids is 1. The molecule has 0 saturated heterocycles. The lowest BCUT2D eigenvalue weighted by molar-refractivity contribution is -0.181. The molecule has 0 bridgehead atoms. The number of allylic oxidation sites excluding steroid dienone is 4. The van der Waals surface area contributed by atoms with Gasteiger partial charge in [0.2, 0.25) is 5.91 Å². The van der Waals surface area contributed by atoms with Gasteiger partial charge in [0.25, 0.3) is 0 Å². The van der Waals surface area contributed by atoms with Gasteiger partial charge in [-0.1, -0.05) is 49.7 Å². The van der Waals surface area contributed by atoms with Crippen molar-refractivity contribution >= 4 is 11.7 Å². The van der Waals surface area contributed by atoms with Gasteiger partial charge in [-0.05, 0) is 49.9 Å². The summed E-state index contributed by atoms with van der Waals surface area (Å²) in [5.41, 5.74) is -0.105. The molecule has 1 fully saturated rings. The Morgan fingerprint density at radius 1 is 1.30 bits per heavy atom. The fourth-order valence-corrected chi connectivity index (χ4v) is 4.21. The standard InChI is InChI=1S/C24H35F5N2O2/c1-4-5-12-33-31-21(30-22(32)15-23-11-7-6-8-18(23)14-23)13-19(24(27,28)29)16(2)9-10-20(26)17(3)25/h6,8-10,16-20H,4-5,7,11-15H2,1-3H3,(H,30,31,32)/b10-9-/t16-,17+,18+,19-,20?,23+/m1/s1. The normalized spacial score (nSPS) is 26.4. The van der Waals surface area contributed by atoms with E-state index in [1.807, 2.05) is 6.92 Å². The van der Waals surface area contributed by atoms with Crippen LogP contribution in [0.2, 0.25) is 0 Å². The number of amidine groups is 1. The quantitative estimate of drug-likeness (QED) is 0.0877. The number of hydrogen-bond donors (Lipinski definition) is 1. The Bertz CT molecular complexity index is 735. The Morgan fingerprint density at radius 2 is 2.03 bits per heavy atom. The van der Waals surface area contributed by atoms with Crippen LogP contribution in [-0.2, 0) is 9.63 Å². The number of nitrogens with one attached hydrogen (secondary N) is 1. The van der Waals surface area contributed by atoms with Crippen molar-refractivity contribution in [3.05, 3.63) is 24.3 Å². The minimum atomic E-state index is -4.64. The molecule has 1 N–H and O–H groups in total. The zero-order chi connectivity index (χ0) is 24.6. The Morgan fingerprint density at radius 3 is 2.64 bits per heavy atom. The van der Waals surface area contributed by atoms with E-state index in [4.69, 9.17) is 4.84 Å². The molecule has 0 aliphatic heterocycles. The third-order valence-electron chi connectivity index (χ3n) is 6.50. The molecule has 0 radical (unpaired) electrons. The van der Waals surface area contributed by atoms with Crippen molar-refractivity contribution in [1.82, 2.24) is 5.32 Å². The van der Waals surface area contributed by atoms with E-state index in [9.17, 15) is 26.7 Å². The largest absolute Gasteiger partial charge is 0.394 e. The van der Waals surface area contributed by atoms with Crippen LogP contribution in [0.5, 0.6) is 0 Å². The van der Waals surface area contributed by atoms with E-state index in [0.717, 1.165) is 44.8 Å². The van der Waals surface area contributed by atoms with Gasteiger partial charge in [0.1, 0.15) is 24.8 Å². The van der Waals surface area contributed by atoms with Gasteiger partial charge in [0, 0.05) is 12.8 Å². The molecular weight excluding hydrogens is 443 g/mol. The molecule has 9 heteroatoms. The monoisotopic (exact) mass is 478 g/mol. The molecule has 2 rings (SSSR count). The fourth-order valence-electron chi connectivity index (χ4n) is 4.21. The highest BCUT2D eigenvalue weighted by molar-refractivity contribution is 5.98. The summed E-state index contributed by atoms with van der Waals surface area (Å²) in [6, 6.07) is 0. The van der Waals surface area contributed by atoms with Gasteiger partial charge in [-0.2, -0.15) is 13.2 Å². The highest BCUT2D eigenvalue weighted by atomic mass is 19.4. The van der Waals surface area contributed by atoms with Gasteiger partial charge < -0.3 is 10.2 Å². The maximum Gasteiger partial charge on any atom is 0.392 e. The Kier molecular flexibility index (Phi) is 9.91. The minimum absolute atomic E-state index is 0.105. The van der Waals surface area contributed by atoms with Gasteiger partial charge in [0.05, 0.1) is 5.92 Å². The van der Waals surface area contributed by atoms with E-state index in [-0.39, 0.29) is 30.2 Å². The van der Waals surface area contributed by atoms with Crippen LogP contribution < -0.4 is 5.32 Å². The predicted octanol–water partition coefficient (Wildman–Crippen LogP) is 6.44. The first-order chi connectivity index (χ1) is 15.5. The molecule has 1 unspecified atom stereocenters. The molecular formula is C24H35F5N2O2. The van der Waals surface area contributed by atoms with Crippen LogP contribution in [0, 0.1) is 23.2 Å². The number of nitrogens with zero attached hydrogens (tertiary/aromatic N) is 1. The van der Waals surface area contributed by atoms with Crippen molar-refractivity contribution in [3.8, 4) is 0 Å². The highest BCUT2D eigenvalue weighted by Gasteiger charge is 2.54. The molecule has 0 aromatic heterocycles. The van der Waals surface area contributed by atoms with Gasteiger partial charge >= 0.3 is 6.18 Å². The second-order valence-corrected chi connectivity index (χ2v) is 9.31. The zero-order valence-corrected chi connectivity index (χ0v) is 19.5. The van der Waals surface area contributed by atoms with Crippen molar-refractivity contribution in [2.45, 2.75) is 84.2 Å². The summed E-state index contributed by atoms with van der Waals surface area (Å²) in [7, 11) is 0. The first-order valence-corrected chi connectivity index (χ1v) is 11.7. The van der Waals surface area contributed by atoms with Crippen molar-refractivity contribution < 1.29 is 31.6 Å².